The second kappa shape index (κ2) is 4.16. The van der Waals surface area contributed by atoms with E-state index in [1.54, 1.807) is 12.1 Å². The van der Waals surface area contributed by atoms with Gasteiger partial charge in [-0.25, -0.2) is 5.14 Å². The summed E-state index contributed by atoms with van der Waals surface area (Å²) in [5.41, 5.74) is 0.188. The highest BCUT2D eigenvalue weighted by Crippen LogP contribution is 2.25. The number of methoxy groups -OCH3 is 1. The van der Waals surface area contributed by atoms with Gasteiger partial charge in [-0.1, -0.05) is 6.07 Å². The summed E-state index contributed by atoms with van der Waals surface area (Å²) in [4.78, 5) is 0. The van der Waals surface area contributed by atoms with Crippen LogP contribution in [0.4, 0.5) is 5.69 Å². The van der Waals surface area contributed by atoms with Crippen molar-refractivity contribution in [2.24, 2.45) is 5.14 Å². The second-order valence-corrected chi connectivity index (χ2v) is 3.94. The monoisotopic (exact) mass is 227 g/mol. The molecule has 0 bridgehead atoms. The van der Waals surface area contributed by atoms with E-state index < -0.39 is 10.2 Å². The predicted octanol–water partition coefficient (Wildman–Crippen LogP) is 0.182. The van der Waals surface area contributed by atoms with Crippen molar-refractivity contribution < 1.29 is 13.2 Å². The molecule has 0 spiro atoms. The molecule has 0 unspecified atom stereocenters. The summed E-state index contributed by atoms with van der Waals surface area (Å²) >= 11 is 0. The lowest BCUT2D eigenvalue weighted by atomic mass is 10.2. The highest BCUT2D eigenvalue weighted by Gasteiger charge is 2.11. The van der Waals surface area contributed by atoms with Crippen molar-refractivity contribution in [3.63, 3.8) is 0 Å². The smallest absolute Gasteiger partial charge is 0.296 e. The lowest BCUT2D eigenvalue weighted by molar-refractivity contribution is 0.414. The molecule has 0 aliphatic rings. The van der Waals surface area contributed by atoms with Crippen molar-refractivity contribution in [2.45, 2.75) is 0 Å². The van der Waals surface area contributed by atoms with Crippen LogP contribution >= 0.6 is 0 Å². The van der Waals surface area contributed by atoms with Crippen LogP contribution in [0.5, 0.6) is 5.75 Å². The molecule has 0 amide bonds. The van der Waals surface area contributed by atoms with Gasteiger partial charge < -0.3 is 4.74 Å². The first-order valence-corrected chi connectivity index (χ1v) is 5.40. The first-order valence-electron chi connectivity index (χ1n) is 3.85. The van der Waals surface area contributed by atoms with Crippen LogP contribution in [0.15, 0.2) is 18.2 Å². The molecule has 0 aromatic heterocycles. The van der Waals surface area contributed by atoms with Crippen LogP contribution in [-0.2, 0) is 10.2 Å². The summed E-state index contributed by atoms with van der Waals surface area (Å²) in [6.07, 6.45) is 0. The van der Waals surface area contributed by atoms with Gasteiger partial charge in [0.2, 0.25) is 0 Å². The summed E-state index contributed by atoms with van der Waals surface area (Å²) in [7, 11) is -2.51. The minimum Gasteiger partial charge on any atom is -0.495 e. The highest BCUT2D eigenvalue weighted by atomic mass is 32.2. The number of nitrogens with zero attached hydrogens (tertiary/aromatic N) is 1. The molecule has 0 aliphatic heterocycles. The Labute approximate surface area is 87.5 Å². The Morgan fingerprint density at radius 3 is 2.67 bits per heavy atom. The Morgan fingerprint density at radius 2 is 2.20 bits per heavy atom. The zero-order chi connectivity index (χ0) is 11.5. The molecule has 15 heavy (non-hydrogen) atoms. The largest absolute Gasteiger partial charge is 0.495 e. The molecule has 0 saturated heterocycles. The molecule has 0 heterocycles. The number of hydrogen-bond donors (Lipinski definition) is 2. The van der Waals surface area contributed by atoms with Gasteiger partial charge in [-0.15, -0.1) is 0 Å². The Balaban J connectivity index is 3.26. The molecule has 3 N–H and O–H groups in total. The van der Waals surface area contributed by atoms with E-state index in [0.29, 0.717) is 0 Å². The first-order chi connectivity index (χ1) is 6.98. The number of rotatable bonds is 3. The van der Waals surface area contributed by atoms with E-state index in [1.165, 1.54) is 13.2 Å². The summed E-state index contributed by atoms with van der Waals surface area (Å²) in [5, 5.41) is 13.6. The first kappa shape index (κ1) is 11.3. The van der Waals surface area contributed by atoms with Gasteiger partial charge >= 0.3 is 0 Å². The van der Waals surface area contributed by atoms with Crippen LogP contribution in [0.2, 0.25) is 0 Å². The number of nitriles is 1. The van der Waals surface area contributed by atoms with Crippen molar-refractivity contribution in [1.29, 1.82) is 5.26 Å². The average molecular weight is 227 g/mol. The number of ether oxygens (including phenoxy) is 1. The molecule has 1 aromatic rings. The molecule has 0 radical (unpaired) electrons. The van der Waals surface area contributed by atoms with Gasteiger partial charge in [-0.3, -0.25) is 4.72 Å². The highest BCUT2D eigenvalue weighted by molar-refractivity contribution is 7.90. The van der Waals surface area contributed by atoms with E-state index in [0.717, 1.165) is 0 Å². The van der Waals surface area contributed by atoms with Crippen molar-refractivity contribution >= 4 is 15.9 Å². The number of nitrogens with one attached hydrogen (secondary N) is 1. The molecule has 1 aromatic carbocycles. The lowest BCUT2D eigenvalue weighted by Gasteiger charge is -2.08. The minimum absolute atomic E-state index is 0.0917. The van der Waals surface area contributed by atoms with Crippen LogP contribution in [0.3, 0.4) is 0 Å². The fourth-order valence-electron chi connectivity index (χ4n) is 1.05. The molecule has 80 valence electrons. The predicted molar refractivity (Wildman–Crippen MR) is 54.4 cm³/mol. The van der Waals surface area contributed by atoms with Gasteiger partial charge in [0.15, 0.2) is 0 Å². The SMILES string of the molecule is COc1cccc(NS(N)(=O)=O)c1C#N. The number of hydrogen-bond acceptors (Lipinski definition) is 4. The van der Waals surface area contributed by atoms with E-state index in [1.807, 2.05) is 10.8 Å². The minimum atomic E-state index is -3.89. The van der Waals surface area contributed by atoms with Gasteiger partial charge in [0.05, 0.1) is 12.8 Å². The Hall–Kier alpha value is -1.78. The average Bonchev–Trinajstić information content (AvgIpc) is 2.15. The lowest BCUT2D eigenvalue weighted by Crippen LogP contribution is -2.22. The van der Waals surface area contributed by atoms with Crippen molar-refractivity contribution in [2.75, 3.05) is 11.8 Å². The van der Waals surface area contributed by atoms with Crippen LogP contribution in [0.25, 0.3) is 0 Å². The van der Waals surface area contributed by atoms with E-state index in [4.69, 9.17) is 15.1 Å². The van der Waals surface area contributed by atoms with Crippen molar-refractivity contribution in [3.8, 4) is 11.8 Å². The Kier molecular flexibility index (Phi) is 3.14. The summed E-state index contributed by atoms with van der Waals surface area (Å²) in [5.74, 6) is 0.283. The molecule has 7 heteroatoms. The van der Waals surface area contributed by atoms with E-state index in [2.05, 4.69) is 0 Å². The number of benzene rings is 1. The van der Waals surface area contributed by atoms with Crippen molar-refractivity contribution in [3.05, 3.63) is 23.8 Å². The summed E-state index contributed by atoms with van der Waals surface area (Å²) in [6, 6.07) is 6.35. The van der Waals surface area contributed by atoms with Gasteiger partial charge in [0.1, 0.15) is 17.4 Å². The molecular formula is C8H9N3O3S. The van der Waals surface area contributed by atoms with Gasteiger partial charge in [-0.2, -0.15) is 13.7 Å². The fraction of sp³-hybridized carbons (Fsp3) is 0.125. The van der Waals surface area contributed by atoms with Gasteiger partial charge in [-0.05, 0) is 12.1 Å². The zero-order valence-electron chi connectivity index (χ0n) is 7.89. The zero-order valence-corrected chi connectivity index (χ0v) is 8.71. The summed E-state index contributed by atoms with van der Waals surface area (Å²) < 4.78 is 28.5. The van der Waals surface area contributed by atoms with E-state index in [9.17, 15) is 8.42 Å². The molecule has 0 aliphatic carbocycles. The second-order valence-electron chi connectivity index (χ2n) is 2.64. The molecular weight excluding hydrogens is 218 g/mol. The van der Waals surface area contributed by atoms with E-state index in [-0.39, 0.29) is 17.0 Å². The molecule has 0 fully saturated rings. The van der Waals surface area contributed by atoms with Crippen LogP contribution in [0.1, 0.15) is 5.56 Å². The standard InChI is InChI=1S/C8H9N3O3S/c1-14-8-4-2-3-7(6(8)5-9)11-15(10,12)13/h2-4,11H,1H3,(H2,10,12,13). The van der Waals surface area contributed by atoms with Gasteiger partial charge in [0, 0.05) is 0 Å². The fourth-order valence-corrected chi connectivity index (χ4v) is 1.53. The molecule has 1 rings (SSSR count). The topological polar surface area (TPSA) is 105 Å². The third-order valence-electron chi connectivity index (χ3n) is 1.61. The van der Waals surface area contributed by atoms with Crippen LogP contribution in [-0.4, -0.2) is 15.5 Å². The summed E-state index contributed by atoms with van der Waals surface area (Å²) in [6.45, 7) is 0. The normalized spacial score (nSPS) is 10.5. The van der Waals surface area contributed by atoms with E-state index >= 15 is 0 Å². The Morgan fingerprint density at radius 1 is 1.53 bits per heavy atom. The maximum atomic E-state index is 10.8. The third-order valence-corrected chi connectivity index (χ3v) is 2.11. The maximum Gasteiger partial charge on any atom is 0.296 e. The van der Waals surface area contributed by atoms with Crippen LogP contribution < -0.4 is 14.6 Å². The molecule has 0 atom stereocenters. The third kappa shape index (κ3) is 2.83. The molecule has 0 saturated carbocycles. The quantitative estimate of drug-likeness (QED) is 0.768. The van der Waals surface area contributed by atoms with Crippen molar-refractivity contribution in [1.82, 2.24) is 0 Å². The maximum absolute atomic E-state index is 10.8. The number of anilines is 1. The van der Waals surface area contributed by atoms with Gasteiger partial charge in [0.25, 0.3) is 10.2 Å². The Bertz CT molecular complexity index is 504. The number of nitrogens with two attached hydrogens (primary N) is 1. The van der Waals surface area contributed by atoms with Crippen LogP contribution in [0, 0.1) is 11.3 Å². The molecule has 6 nitrogen and oxygen atoms in total.